The van der Waals surface area contributed by atoms with Crippen LogP contribution in [0.3, 0.4) is 0 Å². The molecule has 3 aromatic rings. The number of halogens is 5. The number of rotatable bonds is 5. The van der Waals surface area contributed by atoms with Crippen LogP contribution < -0.4 is 10.2 Å². The van der Waals surface area contributed by atoms with Gasteiger partial charge in [0.2, 0.25) is 0 Å². The van der Waals surface area contributed by atoms with Crippen LogP contribution in [-0.2, 0) is 11.0 Å². The maximum absolute atomic E-state index is 14.5. The second kappa shape index (κ2) is 10.1. The molecule has 1 aliphatic heterocycles. The number of pyridine rings is 1. The Morgan fingerprint density at radius 1 is 1.21 bits per heavy atom. The highest BCUT2D eigenvalue weighted by molar-refractivity contribution is 7.14. The number of amides is 1. The van der Waals surface area contributed by atoms with Gasteiger partial charge >= 0.3 is 12.1 Å². The second-order valence-electron chi connectivity index (χ2n) is 9.30. The predicted octanol–water partition coefficient (Wildman–Crippen LogP) is 6.35. The molecule has 0 bridgehead atoms. The van der Waals surface area contributed by atoms with E-state index in [1.165, 1.54) is 23.7 Å². The molecule has 5 rings (SSSR count). The van der Waals surface area contributed by atoms with E-state index in [0.29, 0.717) is 11.9 Å². The summed E-state index contributed by atoms with van der Waals surface area (Å²) in [4.78, 5) is 35.0. The Labute approximate surface area is 223 Å². The van der Waals surface area contributed by atoms with Crippen LogP contribution in [0.15, 0.2) is 35.8 Å². The third-order valence-corrected chi connectivity index (χ3v) is 8.11. The summed E-state index contributed by atoms with van der Waals surface area (Å²) in [6.45, 7) is 0.289. The van der Waals surface area contributed by atoms with Crippen LogP contribution in [0.25, 0.3) is 11.3 Å². The first-order valence-electron chi connectivity index (χ1n) is 11.8. The topological polar surface area (TPSA) is 95.4 Å². The number of benzene rings is 1. The number of carbonyl (C=O) groups excluding carboxylic acids is 1. The van der Waals surface area contributed by atoms with Crippen molar-refractivity contribution in [1.82, 2.24) is 9.97 Å². The summed E-state index contributed by atoms with van der Waals surface area (Å²) in [5.74, 6) is -2.98. The zero-order valence-corrected chi connectivity index (χ0v) is 21.2. The highest BCUT2D eigenvalue weighted by atomic mass is 35.5. The number of carbonyl (C=O) groups is 2. The van der Waals surface area contributed by atoms with E-state index >= 15 is 0 Å². The molecule has 0 unspecified atom stereocenters. The normalized spacial score (nSPS) is 21.3. The van der Waals surface area contributed by atoms with E-state index in [1.54, 1.807) is 0 Å². The quantitative estimate of drug-likeness (QED) is 0.348. The summed E-state index contributed by atoms with van der Waals surface area (Å²) in [5.41, 5.74) is -1.68. The van der Waals surface area contributed by atoms with E-state index in [2.05, 4.69) is 15.3 Å². The van der Waals surface area contributed by atoms with Crippen molar-refractivity contribution < 1.29 is 32.3 Å². The smallest absolute Gasteiger partial charge is 0.419 e. The number of hydrogen-bond donors (Lipinski definition) is 2. The van der Waals surface area contributed by atoms with E-state index in [1.807, 2.05) is 4.90 Å². The van der Waals surface area contributed by atoms with Gasteiger partial charge in [-0.05, 0) is 37.0 Å². The molecular formula is C25H21ClF4N4O3S. The predicted molar refractivity (Wildman–Crippen MR) is 134 cm³/mol. The minimum Gasteiger partial charge on any atom is -0.481 e. The van der Waals surface area contributed by atoms with Crippen molar-refractivity contribution in [3.8, 4) is 11.3 Å². The summed E-state index contributed by atoms with van der Waals surface area (Å²) >= 11 is 7.41. The number of thiazole rings is 1. The highest BCUT2D eigenvalue weighted by Gasteiger charge is 2.47. The van der Waals surface area contributed by atoms with E-state index in [0.717, 1.165) is 43.1 Å². The van der Waals surface area contributed by atoms with Gasteiger partial charge in [-0.2, -0.15) is 13.2 Å². The maximum Gasteiger partial charge on any atom is 0.419 e. The molecule has 2 fully saturated rings. The number of carboxylic acid groups (broad SMARTS) is 1. The molecule has 2 N–H and O–H groups in total. The van der Waals surface area contributed by atoms with Crippen LogP contribution in [0.5, 0.6) is 0 Å². The zero-order valence-electron chi connectivity index (χ0n) is 19.6. The number of alkyl halides is 3. The van der Waals surface area contributed by atoms with Crippen LogP contribution in [0.4, 0.5) is 28.5 Å². The van der Waals surface area contributed by atoms with Crippen molar-refractivity contribution in [2.75, 3.05) is 16.8 Å². The molecule has 2 aliphatic rings. The van der Waals surface area contributed by atoms with Crippen LogP contribution in [0.1, 0.15) is 41.6 Å². The highest BCUT2D eigenvalue weighted by Crippen LogP contribution is 2.43. The van der Waals surface area contributed by atoms with Gasteiger partial charge in [-0.15, -0.1) is 11.3 Å². The average molecular weight is 569 g/mol. The molecule has 1 amide bonds. The Kier molecular flexibility index (Phi) is 7.03. The summed E-state index contributed by atoms with van der Waals surface area (Å²) < 4.78 is 53.6. The lowest BCUT2D eigenvalue weighted by atomic mass is 9.80. The Bertz CT molecular complexity index is 1400. The lowest BCUT2D eigenvalue weighted by Gasteiger charge is -2.33. The maximum atomic E-state index is 14.5. The van der Waals surface area contributed by atoms with Crippen molar-refractivity contribution in [3.63, 3.8) is 0 Å². The minimum atomic E-state index is -4.85. The zero-order chi connectivity index (χ0) is 27.2. The van der Waals surface area contributed by atoms with Crippen molar-refractivity contribution in [1.29, 1.82) is 0 Å². The SMILES string of the molecule is O=C(Nc1nc(-c2cccc(C(F)(F)F)c2F)cs1)c1cnc(N2C[C@@H](C(=O)O)[C@H]3CCCC[C@H]32)c(Cl)c1. The molecule has 3 atom stereocenters. The van der Waals surface area contributed by atoms with Crippen LogP contribution in [0, 0.1) is 17.7 Å². The lowest BCUT2D eigenvalue weighted by molar-refractivity contribution is -0.143. The summed E-state index contributed by atoms with van der Waals surface area (Å²) in [7, 11) is 0. The molecule has 0 spiro atoms. The van der Waals surface area contributed by atoms with Crippen LogP contribution in [0.2, 0.25) is 5.02 Å². The molecule has 3 heterocycles. The molecule has 1 aliphatic carbocycles. The number of aromatic nitrogens is 2. The largest absolute Gasteiger partial charge is 0.481 e. The van der Waals surface area contributed by atoms with Gasteiger partial charge in [0.15, 0.2) is 5.13 Å². The van der Waals surface area contributed by atoms with E-state index in [4.69, 9.17) is 11.6 Å². The fourth-order valence-electron chi connectivity index (χ4n) is 5.32. The molecule has 38 heavy (non-hydrogen) atoms. The number of carboxylic acids is 1. The standard InChI is InChI=1S/C25H21ClF4N4O3S/c26-17-8-12(9-31-21(17)34-10-15(23(36)37)13-4-1-2-7-19(13)34)22(35)33-24-32-18(11-38-24)14-5-3-6-16(20(14)27)25(28,29)30/h3,5-6,8-9,11,13,15,19H,1-2,4,7,10H2,(H,36,37)(H,32,33,35)/t13-,15-,19-/m1/s1. The molecular weight excluding hydrogens is 548 g/mol. The number of aliphatic carboxylic acids is 1. The Hall–Kier alpha value is -3.25. The number of anilines is 2. The van der Waals surface area contributed by atoms with Gasteiger partial charge in [0.1, 0.15) is 11.6 Å². The number of nitrogens with one attached hydrogen (secondary N) is 1. The first-order chi connectivity index (χ1) is 18.0. The number of hydrogen-bond acceptors (Lipinski definition) is 6. The van der Waals surface area contributed by atoms with Crippen molar-refractivity contribution >= 4 is 45.8 Å². The fourth-order valence-corrected chi connectivity index (χ4v) is 6.30. The Morgan fingerprint density at radius 2 is 1.97 bits per heavy atom. The first kappa shape index (κ1) is 26.4. The average Bonchev–Trinajstić information content (AvgIpc) is 3.48. The monoisotopic (exact) mass is 568 g/mol. The molecule has 13 heteroatoms. The lowest BCUT2D eigenvalue weighted by Crippen LogP contribution is -2.35. The van der Waals surface area contributed by atoms with Gasteiger partial charge in [0.05, 0.1) is 27.8 Å². The van der Waals surface area contributed by atoms with Crippen LogP contribution in [-0.4, -0.2) is 39.5 Å². The third kappa shape index (κ3) is 4.94. The van der Waals surface area contributed by atoms with Gasteiger partial charge in [0, 0.05) is 29.7 Å². The molecule has 1 saturated carbocycles. The van der Waals surface area contributed by atoms with Gasteiger partial charge < -0.3 is 10.0 Å². The van der Waals surface area contributed by atoms with Gasteiger partial charge in [-0.3, -0.25) is 14.9 Å². The van der Waals surface area contributed by atoms with Crippen molar-refractivity contribution in [3.05, 3.63) is 57.8 Å². The van der Waals surface area contributed by atoms with E-state index < -0.39 is 35.4 Å². The number of nitrogens with zero attached hydrogens (tertiary/aromatic N) is 3. The summed E-state index contributed by atoms with van der Waals surface area (Å²) in [6, 6.07) is 4.35. The molecule has 200 valence electrons. The van der Waals surface area contributed by atoms with E-state index in [9.17, 15) is 32.3 Å². The minimum absolute atomic E-state index is 0.0134. The summed E-state index contributed by atoms with van der Waals surface area (Å²) in [5, 5.41) is 13.8. The third-order valence-electron chi connectivity index (χ3n) is 7.07. The van der Waals surface area contributed by atoms with Crippen LogP contribution >= 0.6 is 22.9 Å². The Balaban J connectivity index is 1.33. The van der Waals surface area contributed by atoms with Crippen molar-refractivity contribution in [2.45, 2.75) is 37.9 Å². The molecule has 1 aromatic carbocycles. The molecule has 0 radical (unpaired) electrons. The van der Waals surface area contributed by atoms with Gasteiger partial charge in [-0.25, -0.2) is 14.4 Å². The second-order valence-corrected chi connectivity index (χ2v) is 10.6. The van der Waals surface area contributed by atoms with E-state index in [-0.39, 0.29) is 45.5 Å². The summed E-state index contributed by atoms with van der Waals surface area (Å²) in [6.07, 6.45) is 0.112. The van der Waals surface area contributed by atoms with Crippen molar-refractivity contribution in [2.24, 2.45) is 11.8 Å². The molecule has 1 saturated heterocycles. The Morgan fingerprint density at radius 3 is 2.68 bits per heavy atom. The van der Waals surface area contributed by atoms with Gasteiger partial charge in [-0.1, -0.05) is 30.5 Å². The molecule has 7 nitrogen and oxygen atoms in total. The fraction of sp³-hybridized carbons (Fsp3) is 0.360. The first-order valence-corrected chi connectivity index (χ1v) is 13.1. The molecule has 2 aromatic heterocycles. The number of fused-ring (bicyclic) bond motifs is 1. The van der Waals surface area contributed by atoms with Gasteiger partial charge in [0.25, 0.3) is 5.91 Å².